The molecule has 1 heteroatoms. The monoisotopic (exact) mass is 187 g/mol. The minimum absolute atomic E-state index is 0.881. The van der Waals surface area contributed by atoms with E-state index in [1.165, 1.54) is 5.56 Å². The van der Waals surface area contributed by atoms with Crippen LogP contribution < -0.4 is 0 Å². The van der Waals surface area contributed by atoms with Crippen LogP contribution in [0.2, 0.25) is 0 Å². The predicted molar refractivity (Wildman–Crippen MR) is 61.9 cm³/mol. The highest BCUT2D eigenvalue weighted by Gasteiger charge is 2.02. The summed E-state index contributed by atoms with van der Waals surface area (Å²) >= 11 is 0. The minimum Gasteiger partial charge on any atom is -0.371 e. The first-order valence-electron chi connectivity index (χ1n) is 4.71. The molecule has 0 N–H and O–H groups in total. The van der Waals surface area contributed by atoms with E-state index in [1.807, 2.05) is 32.2 Å². The lowest BCUT2D eigenvalue weighted by Gasteiger charge is -2.21. The molecule has 0 bridgehead atoms. The molecule has 0 aromatic heterocycles. The second kappa shape index (κ2) is 4.66. The van der Waals surface area contributed by atoms with Gasteiger partial charge in [-0.25, -0.2) is 0 Å². The average molecular weight is 187 g/mol. The summed E-state index contributed by atoms with van der Waals surface area (Å²) in [5.41, 5.74) is 3.30. The Hall–Kier alpha value is -1.50. The first kappa shape index (κ1) is 10.6. The van der Waals surface area contributed by atoms with Crippen LogP contribution in [0, 0.1) is 0 Å². The normalized spacial score (nSPS) is 9.57. The van der Waals surface area contributed by atoms with Gasteiger partial charge in [0.15, 0.2) is 0 Å². The Bertz CT molecular complexity index is 324. The Labute approximate surface area is 86.4 Å². The lowest BCUT2D eigenvalue weighted by Crippen LogP contribution is -2.16. The molecule has 0 atom stereocenters. The predicted octanol–water partition coefficient (Wildman–Crippen LogP) is 3.21. The lowest BCUT2D eigenvalue weighted by molar-refractivity contribution is 0.421. The van der Waals surface area contributed by atoms with Gasteiger partial charge in [-0.05, 0) is 18.1 Å². The number of rotatable bonds is 4. The van der Waals surface area contributed by atoms with E-state index in [-0.39, 0.29) is 0 Å². The van der Waals surface area contributed by atoms with Gasteiger partial charge in [0.1, 0.15) is 0 Å². The van der Waals surface area contributed by atoms with Crippen LogP contribution >= 0.6 is 0 Å². The summed E-state index contributed by atoms with van der Waals surface area (Å²) in [4.78, 5) is 2.11. The topological polar surface area (TPSA) is 3.24 Å². The molecule has 1 aromatic carbocycles. The lowest BCUT2D eigenvalue weighted by atomic mass is 10.2. The Morgan fingerprint density at radius 1 is 1.21 bits per heavy atom. The molecule has 0 aliphatic heterocycles. The molecule has 0 heterocycles. The van der Waals surface area contributed by atoms with Gasteiger partial charge < -0.3 is 4.90 Å². The molecule has 1 rings (SSSR count). The zero-order valence-electron chi connectivity index (χ0n) is 8.96. The maximum absolute atomic E-state index is 3.98. The summed E-state index contributed by atoms with van der Waals surface area (Å²) in [5.74, 6) is 0. The summed E-state index contributed by atoms with van der Waals surface area (Å²) in [7, 11) is 2.03. The quantitative estimate of drug-likeness (QED) is 0.654. The highest BCUT2D eigenvalue weighted by molar-refractivity contribution is 5.23. The van der Waals surface area contributed by atoms with E-state index < -0.39 is 0 Å². The molecule has 1 nitrogen and oxygen atoms in total. The van der Waals surface area contributed by atoms with Crippen molar-refractivity contribution in [2.45, 2.75) is 13.5 Å². The molecule has 0 saturated carbocycles. The van der Waals surface area contributed by atoms with Crippen LogP contribution in [0.15, 0.2) is 54.8 Å². The molecule has 0 fully saturated rings. The summed E-state index contributed by atoms with van der Waals surface area (Å²) < 4.78 is 0. The van der Waals surface area contributed by atoms with Gasteiger partial charge in [-0.1, -0.05) is 43.5 Å². The van der Waals surface area contributed by atoms with Crippen LogP contribution in [0.25, 0.3) is 0 Å². The maximum Gasteiger partial charge on any atom is 0.0426 e. The van der Waals surface area contributed by atoms with Gasteiger partial charge in [0.2, 0.25) is 0 Å². The largest absolute Gasteiger partial charge is 0.371 e. The molecule has 0 aliphatic rings. The Balaban J connectivity index is 2.62. The van der Waals surface area contributed by atoms with E-state index >= 15 is 0 Å². The molecule has 0 amide bonds. The number of hydrogen-bond donors (Lipinski definition) is 0. The molecule has 0 saturated heterocycles. The number of hydrogen-bond acceptors (Lipinski definition) is 1. The third-order valence-corrected chi connectivity index (χ3v) is 2.22. The second-order valence-electron chi connectivity index (χ2n) is 3.57. The van der Waals surface area contributed by atoms with Crippen LogP contribution in [0.5, 0.6) is 0 Å². The average Bonchev–Trinajstić information content (AvgIpc) is 2.18. The molecule has 0 radical (unpaired) electrons. The van der Waals surface area contributed by atoms with Gasteiger partial charge in [-0.15, -0.1) is 0 Å². The van der Waals surface area contributed by atoms with Crippen LogP contribution in [0.3, 0.4) is 0 Å². The van der Waals surface area contributed by atoms with E-state index in [2.05, 4.69) is 30.2 Å². The summed E-state index contributed by atoms with van der Waals surface area (Å²) in [6.07, 6.45) is 0. The van der Waals surface area contributed by atoms with E-state index in [0.717, 1.165) is 17.8 Å². The van der Waals surface area contributed by atoms with Crippen molar-refractivity contribution >= 4 is 0 Å². The van der Waals surface area contributed by atoms with Gasteiger partial charge in [0.25, 0.3) is 0 Å². The van der Waals surface area contributed by atoms with Gasteiger partial charge in [-0.3, -0.25) is 0 Å². The fraction of sp³-hybridized carbons (Fsp3) is 0.231. The van der Waals surface area contributed by atoms with E-state index in [4.69, 9.17) is 0 Å². The molecule has 0 unspecified atom stereocenters. The number of allylic oxidation sites excluding steroid dienone is 1. The van der Waals surface area contributed by atoms with Crippen molar-refractivity contribution in [3.63, 3.8) is 0 Å². The van der Waals surface area contributed by atoms with Crippen LogP contribution in [-0.4, -0.2) is 11.9 Å². The van der Waals surface area contributed by atoms with Crippen molar-refractivity contribution in [3.05, 3.63) is 60.3 Å². The third-order valence-electron chi connectivity index (χ3n) is 2.22. The standard InChI is InChI=1S/C13H17N/c1-11(2)12(3)14(4)10-13-8-6-5-7-9-13/h5-9H,1,3,10H2,2,4H3. The Morgan fingerprint density at radius 3 is 2.29 bits per heavy atom. The van der Waals surface area contributed by atoms with E-state index in [9.17, 15) is 0 Å². The zero-order chi connectivity index (χ0) is 10.6. The fourth-order valence-corrected chi connectivity index (χ4v) is 1.28. The van der Waals surface area contributed by atoms with Gasteiger partial charge in [-0.2, -0.15) is 0 Å². The summed E-state index contributed by atoms with van der Waals surface area (Å²) in [5, 5.41) is 0. The van der Waals surface area contributed by atoms with Gasteiger partial charge in [0, 0.05) is 19.3 Å². The molecule has 14 heavy (non-hydrogen) atoms. The van der Waals surface area contributed by atoms with Crippen molar-refractivity contribution in [2.24, 2.45) is 0 Å². The SMILES string of the molecule is C=C(C)C(=C)N(C)Cc1ccccc1. The third kappa shape index (κ3) is 2.77. The van der Waals surface area contributed by atoms with E-state index in [1.54, 1.807) is 0 Å². The first-order chi connectivity index (χ1) is 6.61. The van der Waals surface area contributed by atoms with Crippen molar-refractivity contribution in [1.29, 1.82) is 0 Å². The Morgan fingerprint density at radius 2 is 1.79 bits per heavy atom. The highest BCUT2D eigenvalue weighted by Crippen LogP contribution is 2.12. The van der Waals surface area contributed by atoms with E-state index in [0.29, 0.717) is 0 Å². The molecule has 1 aromatic rings. The van der Waals surface area contributed by atoms with Crippen LogP contribution in [-0.2, 0) is 6.54 Å². The number of nitrogens with zero attached hydrogens (tertiary/aromatic N) is 1. The zero-order valence-corrected chi connectivity index (χ0v) is 8.96. The minimum atomic E-state index is 0.881. The number of benzene rings is 1. The van der Waals surface area contributed by atoms with Crippen molar-refractivity contribution < 1.29 is 0 Å². The van der Waals surface area contributed by atoms with Gasteiger partial charge in [0.05, 0.1) is 0 Å². The molecular formula is C13H17N. The number of likely N-dealkylation sites (N-methyl/N-ethyl adjacent to an activating group) is 1. The van der Waals surface area contributed by atoms with Crippen LogP contribution in [0.1, 0.15) is 12.5 Å². The maximum atomic E-state index is 3.98. The van der Waals surface area contributed by atoms with Crippen molar-refractivity contribution in [1.82, 2.24) is 4.90 Å². The molecule has 74 valence electrons. The highest BCUT2D eigenvalue weighted by atomic mass is 15.1. The second-order valence-corrected chi connectivity index (χ2v) is 3.57. The molecular weight excluding hydrogens is 170 g/mol. The molecule has 0 spiro atoms. The first-order valence-corrected chi connectivity index (χ1v) is 4.71. The van der Waals surface area contributed by atoms with Crippen molar-refractivity contribution in [3.8, 4) is 0 Å². The summed E-state index contributed by atoms with van der Waals surface area (Å²) in [6.45, 7) is 10.7. The fourth-order valence-electron chi connectivity index (χ4n) is 1.28. The van der Waals surface area contributed by atoms with Crippen molar-refractivity contribution in [2.75, 3.05) is 7.05 Å². The molecule has 0 aliphatic carbocycles. The summed E-state index contributed by atoms with van der Waals surface area (Å²) in [6, 6.07) is 10.3. The smallest absolute Gasteiger partial charge is 0.0426 e. The van der Waals surface area contributed by atoms with Crippen LogP contribution in [0.4, 0.5) is 0 Å². The Kier molecular flexibility index (Phi) is 3.52. The van der Waals surface area contributed by atoms with Gasteiger partial charge >= 0.3 is 0 Å².